The van der Waals surface area contributed by atoms with Gasteiger partial charge in [-0.25, -0.2) is 15.2 Å². The number of anilines is 1. The normalized spacial score (nSPS) is 9.50. The molecule has 0 spiro atoms. The summed E-state index contributed by atoms with van der Waals surface area (Å²) in [5.41, 5.74) is 0. The molecule has 54 valence electrons. The van der Waals surface area contributed by atoms with E-state index in [1.54, 1.807) is 7.05 Å². The van der Waals surface area contributed by atoms with Gasteiger partial charge in [0.15, 0.2) is 0 Å². The van der Waals surface area contributed by atoms with E-state index in [-0.39, 0.29) is 5.82 Å². The van der Waals surface area contributed by atoms with Crippen LogP contribution in [0.15, 0.2) is 18.3 Å². The molecule has 4 heteroatoms. The average molecular weight is 141 g/mol. The van der Waals surface area contributed by atoms with Crippen molar-refractivity contribution in [1.82, 2.24) is 4.98 Å². The van der Waals surface area contributed by atoms with Crippen molar-refractivity contribution in [3.05, 3.63) is 24.1 Å². The van der Waals surface area contributed by atoms with Crippen LogP contribution in [0, 0.1) is 5.82 Å². The van der Waals surface area contributed by atoms with Crippen LogP contribution < -0.4 is 10.9 Å². The molecule has 0 aliphatic heterocycles. The molecule has 0 unspecified atom stereocenters. The topological polar surface area (TPSA) is 42.1 Å². The Labute approximate surface area is 58.3 Å². The first-order valence-corrected chi connectivity index (χ1v) is 2.80. The molecule has 0 aliphatic carbocycles. The first-order valence-electron chi connectivity index (χ1n) is 2.80. The van der Waals surface area contributed by atoms with Crippen LogP contribution >= 0.6 is 0 Å². The van der Waals surface area contributed by atoms with Gasteiger partial charge in [0.1, 0.15) is 11.6 Å². The van der Waals surface area contributed by atoms with Gasteiger partial charge < -0.3 is 0 Å². The Morgan fingerprint density at radius 2 is 2.40 bits per heavy atom. The molecular weight excluding hydrogens is 133 g/mol. The zero-order valence-corrected chi connectivity index (χ0v) is 5.58. The molecule has 0 atom stereocenters. The van der Waals surface area contributed by atoms with Gasteiger partial charge in [-0.15, -0.1) is 0 Å². The lowest BCUT2D eigenvalue weighted by Crippen LogP contribution is -2.25. The van der Waals surface area contributed by atoms with E-state index in [0.29, 0.717) is 5.82 Å². The predicted molar refractivity (Wildman–Crippen MR) is 36.8 cm³/mol. The maximum Gasteiger partial charge on any atom is 0.145 e. The fourth-order valence-electron chi connectivity index (χ4n) is 0.586. The van der Waals surface area contributed by atoms with Gasteiger partial charge in [0, 0.05) is 19.3 Å². The Morgan fingerprint density at radius 3 is 2.80 bits per heavy atom. The predicted octanol–water partition coefficient (Wildman–Crippen LogP) is 0.531. The molecule has 1 rings (SSSR count). The second-order valence-corrected chi connectivity index (χ2v) is 1.94. The van der Waals surface area contributed by atoms with Gasteiger partial charge in [-0.2, -0.15) is 0 Å². The van der Waals surface area contributed by atoms with Gasteiger partial charge in [0.25, 0.3) is 0 Å². The number of hydrogen-bond acceptors (Lipinski definition) is 3. The van der Waals surface area contributed by atoms with E-state index in [2.05, 4.69) is 4.98 Å². The lowest BCUT2D eigenvalue weighted by atomic mass is 10.4. The number of nitrogens with zero attached hydrogens (tertiary/aromatic N) is 2. The van der Waals surface area contributed by atoms with E-state index >= 15 is 0 Å². The minimum Gasteiger partial charge on any atom is -0.298 e. The van der Waals surface area contributed by atoms with Crippen LogP contribution in [-0.4, -0.2) is 12.0 Å². The summed E-state index contributed by atoms with van der Waals surface area (Å²) in [5.74, 6) is 5.37. The molecule has 0 aromatic carbocycles. The van der Waals surface area contributed by atoms with Gasteiger partial charge in [-0.1, -0.05) is 0 Å². The van der Waals surface area contributed by atoms with Crippen LogP contribution in [0.4, 0.5) is 10.2 Å². The van der Waals surface area contributed by atoms with Crippen molar-refractivity contribution in [2.75, 3.05) is 12.1 Å². The molecule has 1 aromatic rings. The fraction of sp³-hybridized carbons (Fsp3) is 0.167. The number of aromatic nitrogens is 1. The summed E-state index contributed by atoms with van der Waals surface area (Å²) >= 11 is 0. The summed E-state index contributed by atoms with van der Waals surface area (Å²) in [4.78, 5) is 3.80. The van der Waals surface area contributed by atoms with Crippen molar-refractivity contribution in [2.45, 2.75) is 0 Å². The van der Waals surface area contributed by atoms with Gasteiger partial charge in [-0.3, -0.25) is 5.01 Å². The van der Waals surface area contributed by atoms with Crippen LogP contribution in [0.25, 0.3) is 0 Å². The van der Waals surface area contributed by atoms with Gasteiger partial charge in [-0.05, 0) is 6.07 Å². The van der Waals surface area contributed by atoms with E-state index in [1.165, 1.54) is 23.3 Å². The highest BCUT2D eigenvalue weighted by atomic mass is 19.1. The molecular formula is C6H8FN3. The van der Waals surface area contributed by atoms with Gasteiger partial charge >= 0.3 is 0 Å². The number of rotatable bonds is 1. The molecule has 0 bridgehead atoms. The quantitative estimate of drug-likeness (QED) is 0.458. The third-order valence-corrected chi connectivity index (χ3v) is 1.07. The van der Waals surface area contributed by atoms with E-state index in [9.17, 15) is 4.39 Å². The third-order valence-electron chi connectivity index (χ3n) is 1.07. The van der Waals surface area contributed by atoms with E-state index in [0.717, 1.165) is 0 Å². The molecule has 0 radical (unpaired) electrons. The second-order valence-electron chi connectivity index (χ2n) is 1.94. The van der Waals surface area contributed by atoms with Crippen LogP contribution in [0.1, 0.15) is 0 Å². The minimum atomic E-state index is -0.331. The van der Waals surface area contributed by atoms with Crippen LogP contribution in [0.5, 0.6) is 0 Å². The van der Waals surface area contributed by atoms with Gasteiger partial charge in [0.05, 0.1) is 0 Å². The van der Waals surface area contributed by atoms with Crippen molar-refractivity contribution in [3.63, 3.8) is 0 Å². The Balaban J connectivity index is 2.96. The van der Waals surface area contributed by atoms with Crippen molar-refractivity contribution in [3.8, 4) is 0 Å². The minimum absolute atomic E-state index is 0.331. The standard InChI is InChI=1S/C6H8FN3/c1-10(8)6-4-5(7)2-3-9-6/h2-4H,8H2,1H3. The Morgan fingerprint density at radius 1 is 1.70 bits per heavy atom. The second kappa shape index (κ2) is 2.62. The average Bonchev–Trinajstić information content (AvgIpc) is 1.88. The zero-order chi connectivity index (χ0) is 7.56. The number of pyridine rings is 1. The Bertz CT molecular complexity index is 224. The van der Waals surface area contributed by atoms with Crippen molar-refractivity contribution in [2.24, 2.45) is 5.84 Å². The zero-order valence-electron chi connectivity index (χ0n) is 5.58. The lowest BCUT2D eigenvalue weighted by Gasteiger charge is -2.08. The highest BCUT2D eigenvalue weighted by Gasteiger charge is 1.96. The van der Waals surface area contributed by atoms with Crippen LogP contribution in [0.3, 0.4) is 0 Å². The Kier molecular flexibility index (Phi) is 1.82. The summed E-state index contributed by atoms with van der Waals surface area (Å²) in [5, 5.41) is 1.25. The first-order chi connectivity index (χ1) is 4.70. The number of hydrazine groups is 1. The lowest BCUT2D eigenvalue weighted by molar-refractivity contribution is 0.625. The molecule has 0 amide bonds. The van der Waals surface area contributed by atoms with Crippen molar-refractivity contribution < 1.29 is 4.39 Å². The number of hydrogen-bond donors (Lipinski definition) is 1. The smallest absolute Gasteiger partial charge is 0.145 e. The van der Waals surface area contributed by atoms with Crippen LogP contribution in [-0.2, 0) is 0 Å². The van der Waals surface area contributed by atoms with Crippen molar-refractivity contribution in [1.29, 1.82) is 0 Å². The Hall–Kier alpha value is -1.16. The summed E-state index contributed by atoms with van der Waals surface area (Å²) in [7, 11) is 1.60. The molecule has 1 aromatic heterocycles. The molecule has 10 heavy (non-hydrogen) atoms. The van der Waals surface area contributed by atoms with Crippen LogP contribution in [0.2, 0.25) is 0 Å². The SMILES string of the molecule is CN(N)c1cc(F)ccn1. The maximum atomic E-state index is 12.4. The van der Waals surface area contributed by atoms with E-state index in [4.69, 9.17) is 5.84 Å². The molecule has 3 nitrogen and oxygen atoms in total. The molecule has 2 N–H and O–H groups in total. The highest BCUT2D eigenvalue weighted by Crippen LogP contribution is 2.05. The monoisotopic (exact) mass is 141 g/mol. The molecule has 1 heterocycles. The molecule has 0 fully saturated rings. The van der Waals surface area contributed by atoms with Gasteiger partial charge in [0.2, 0.25) is 0 Å². The van der Waals surface area contributed by atoms with Crippen molar-refractivity contribution >= 4 is 5.82 Å². The summed E-state index contributed by atoms with van der Waals surface area (Å²) < 4.78 is 12.4. The maximum absolute atomic E-state index is 12.4. The van der Waals surface area contributed by atoms with E-state index < -0.39 is 0 Å². The largest absolute Gasteiger partial charge is 0.298 e. The highest BCUT2D eigenvalue weighted by molar-refractivity contribution is 5.34. The molecule has 0 saturated heterocycles. The summed E-state index contributed by atoms with van der Waals surface area (Å²) in [6.45, 7) is 0. The number of halogens is 1. The van der Waals surface area contributed by atoms with E-state index in [1.807, 2.05) is 0 Å². The molecule has 0 saturated carbocycles. The number of nitrogens with two attached hydrogens (primary N) is 1. The first kappa shape index (κ1) is 6.95. The molecule has 0 aliphatic rings. The summed E-state index contributed by atoms with van der Waals surface area (Å²) in [6.07, 6.45) is 1.37. The fourth-order valence-corrected chi connectivity index (χ4v) is 0.586. The third kappa shape index (κ3) is 1.41. The summed E-state index contributed by atoms with van der Waals surface area (Å²) in [6, 6.07) is 2.53.